The number of likely N-dealkylation sites (N-methyl/N-ethyl adjacent to an activating group) is 1. The van der Waals surface area contributed by atoms with Crippen molar-refractivity contribution >= 4 is 36.1 Å². The maximum absolute atomic E-state index is 13.5. The van der Waals surface area contributed by atoms with Gasteiger partial charge >= 0.3 is 6.18 Å². The summed E-state index contributed by atoms with van der Waals surface area (Å²) in [5.74, 6) is -1.75. The number of carbonyl (C=O) groups is 4. The highest BCUT2D eigenvalue weighted by Crippen LogP contribution is 2.36. The van der Waals surface area contributed by atoms with E-state index in [-0.39, 0.29) is 17.6 Å². The molecule has 0 aliphatic heterocycles. The fourth-order valence-corrected chi connectivity index (χ4v) is 3.46. The molecule has 0 radical (unpaired) electrons. The zero-order valence-electron chi connectivity index (χ0n) is 18.4. The van der Waals surface area contributed by atoms with Gasteiger partial charge in [0.05, 0.1) is 6.04 Å². The van der Waals surface area contributed by atoms with Gasteiger partial charge in [0.15, 0.2) is 0 Å². The summed E-state index contributed by atoms with van der Waals surface area (Å²) in [6.07, 6.45) is -2.43. The van der Waals surface area contributed by atoms with Gasteiger partial charge in [-0.25, -0.2) is 5.01 Å². The second kappa shape index (κ2) is 13.0. The van der Waals surface area contributed by atoms with E-state index >= 15 is 0 Å². The van der Waals surface area contributed by atoms with Gasteiger partial charge in [-0.2, -0.15) is 17.6 Å². The number of hydrogen-bond acceptors (Lipinski definition) is 5. The van der Waals surface area contributed by atoms with Crippen molar-refractivity contribution < 1.29 is 32.3 Å². The number of halogens is 3. The van der Waals surface area contributed by atoms with E-state index in [0.29, 0.717) is 6.41 Å². The summed E-state index contributed by atoms with van der Waals surface area (Å²) in [6, 6.07) is -0.995. The second-order valence-electron chi connectivity index (χ2n) is 6.19. The molecule has 0 spiro atoms. The van der Waals surface area contributed by atoms with Crippen LogP contribution in [0.3, 0.4) is 0 Å². The number of rotatable bonds is 6. The Balaban J connectivity index is 0.00000436. The van der Waals surface area contributed by atoms with Crippen LogP contribution in [0.1, 0.15) is 40.5 Å². The highest BCUT2D eigenvalue weighted by atomic mass is 32.2. The van der Waals surface area contributed by atoms with Crippen LogP contribution in [0.4, 0.5) is 13.2 Å². The van der Waals surface area contributed by atoms with Gasteiger partial charge in [0, 0.05) is 44.8 Å². The molecular weight excluding hydrogens is 437 g/mol. The fourth-order valence-electron chi connectivity index (χ4n) is 2.88. The predicted octanol–water partition coefficient (Wildman–Crippen LogP) is 2.34. The lowest BCUT2D eigenvalue weighted by atomic mass is 10.0. The van der Waals surface area contributed by atoms with Gasteiger partial charge in [0.1, 0.15) is 0 Å². The van der Waals surface area contributed by atoms with Crippen LogP contribution >= 0.6 is 11.9 Å². The topological polar surface area (TPSA) is 98.8 Å². The maximum atomic E-state index is 13.5. The van der Waals surface area contributed by atoms with E-state index in [9.17, 15) is 32.3 Å². The number of amides is 4. The molecule has 8 nitrogen and oxygen atoms in total. The molecule has 1 aliphatic carbocycles. The van der Waals surface area contributed by atoms with Crippen LogP contribution in [0, 0.1) is 0 Å². The SMILES string of the molecule is CC.CSN(C(C)=O)N(C)C(=O)C1=CC(CNC(C)=O)=C(C(F)(F)F)CCC1NC=O. The molecule has 12 heteroatoms. The van der Waals surface area contributed by atoms with Crippen molar-refractivity contribution in [1.29, 1.82) is 0 Å². The molecule has 1 atom stereocenters. The normalized spacial score (nSPS) is 16.2. The Morgan fingerprint density at radius 1 is 1.26 bits per heavy atom. The van der Waals surface area contributed by atoms with Gasteiger partial charge in [-0.1, -0.05) is 13.8 Å². The summed E-state index contributed by atoms with van der Waals surface area (Å²) >= 11 is 0.941. The Morgan fingerprint density at radius 2 is 1.84 bits per heavy atom. The van der Waals surface area contributed by atoms with Gasteiger partial charge in [-0.05, 0) is 36.4 Å². The molecule has 176 valence electrons. The van der Waals surface area contributed by atoms with Crippen molar-refractivity contribution in [2.24, 2.45) is 0 Å². The van der Waals surface area contributed by atoms with Crippen molar-refractivity contribution in [2.45, 2.75) is 52.8 Å². The van der Waals surface area contributed by atoms with E-state index in [1.165, 1.54) is 14.0 Å². The average molecular weight is 467 g/mol. The summed E-state index contributed by atoms with van der Waals surface area (Å²) in [5.41, 5.74) is -1.29. The third kappa shape index (κ3) is 8.27. The monoisotopic (exact) mass is 466 g/mol. The number of nitrogens with one attached hydrogen (secondary N) is 2. The molecule has 1 unspecified atom stereocenters. The minimum Gasteiger partial charge on any atom is -0.352 e. The highest BCUT2D eigenvalue weighted by Gasteiger charge is 2.39. The number of carbonyl (C=O) groups excluding carboxylic acids is 4. The van der Waals surface area contributed by atoms with Crippen LogP contribution in [-0.2, 0) is 19.2 Å². The Morgan fingerprint density at radius 3 is 2.26 bits per heavy atom. The zero-order chi connectivity index (χ0) is 24.4. The van der Waals surface area contributed by atoms with E-state index in [1.807, 2.05) is 13.8 Å². The molecule has 0 saturated heterocycles. The standard InChI is InChI=1S/C17H23F3N4O4S.C2H6/c1-10(26)21-8-12-7-13(16(28)23(3)24(29-4)11(2)27)15(22-9-25)6-5-14(12)17(18,19)20;1-2/h7,9,15H,5-6,8H2,1-4H3,(H,21,26)(H,22,25);1-2H3. The Kier molecular flexibility index (Phi) is 12.0. The van der Waals surface area contributed by atoms with Crippen LogP contribution in [0.5, 0.6) is 0 Å². The third-order valence-electron chi connectivity index (χ3n) is 4.17. The average Bonchev–Trinajstić information content (AvgIpc) is 2.87. The zero-order valence-corrected chi connectivity index (χ0v) is 19.2. The van der Waals surface area contributed by atoms with Crippen molar-refractivity contribution in [3.05, 3.63) is 22.8 Å². The predicted molar refractivity (Wildman–Crippen MR) is 112 cm³/mol. The highest BCUT2D eigenvalue weighted by molar-refractivity contribution is 7.96. The number of alkyl halides is 3. The first kappa shape index (κ1) is 28.5. The number of nitrogens with zero attached hydrogens (tertiary/aromatic N) is 2. The van der Waals surface area contributed by atoms with E-state index in [2.05, 4.69) is 10.6 Å². The quantitative estimate of drug-likeness (QED) is 0.356. The summed E-state index contributed by atoms with van der Waals surface area (Å²) in [5, 5.41) is 5.64. The Bertz CT molecular complexity index is 738. The van der Waals surface area contributed by atoms with Gasteiger partial charge < -0.3 is 10.6 Å². The first-order chi connectivity index (χ1) is 14.4. The van der Waals surface area contributed by atoms with Gasteiger partial charge in [0.2, 0.25) is 18.2 Å². The van der Waals surface area contributed by atoms with Crippen LogP contribution < -0.4 is 10.6 Å². The van der Waals surface area contributed by atoms with Crippen LogP contribution in [0.2, 0.25) is 0 Å². The van der Waals surface area contributed by atoms with Gasteiger partial charge in [0.25, 0.3) is 5.91 Å². The molecule has 0 aromatic rings. The molecule has 0 aromatic heterocycles. The molecule has 0 saturated carbocycles. The maximum Gasteiger partial charge on any atom is 0.413 e. The molecule has 1 rings (SSSR count). The van der Waals surface area contributed by atoms with Crippen molar-refractivity contribution in [2.75, 3.05) is 19.8 Å². The van der Waals surface area contributed by atoms with E-state index in [4.69, 9.17) is 0 Å². The van der Waals surface area contributed by atoms with E-state index in [0.717, 1.165) is 34.4 Å². The minimum absolute atomic E-state index is 0.125. The van der Waals surface area contributed by atoms with Crippen LogP contribution in [0.25, 0.3) is 0 Å². The molecule has 1 aliphatic rings. The molecule has 4 amide bonds. The Hall–Kier alpha value is -2.50. The summed E-state index contributed by atoms with van der Waals surface area (Å²) in [7, 11) is 1.30. The molecule has 0 bridgehead atoms. The first-order valence-electron chi connectivity index (χ1n) is 9.51. The van der Waals surface area contributed by atoms with E-state index < -0.39 is 48.5 Å². The fraction of sp³-hybridized carbons (Fsp3) is 0.579. The van der Waals surface area contributed by atoms with Crippen molar-refractivity contribution in [3.8, 4) is 0 Å². The smallest absolute Gasteiger partial charge is 0.352 e. The Labute approximate surface area is 184 Å². The minimum atomic E-state index is -4.68. The van der Waals surface area contributed by atoms with Crippen LogP contribution in [0.15, 0.2) is 22.8 Å². The second-order valence-corrected chi connectivity index (χ2v) is 6.90. The lowest BCUT2D eigenvalue weighted by Crippen LogP contribution is -2.46. The number of hydrazine groups is 1. The molecule has 0 fully saturated rings. The molecule has 0 heterocycles. The molecule has 0 aromatic carbocycles. The summed E-state index contributed by atoms with van der Waals surface area (Å²) < 4.78 is 41.7. The lowest BCUT2D eigenvalue weighted by Gasteiger charge is -2.30. The molecule has 31 heavy (non-hydrogen) atoms. The summed E-state index contributed by atoms with van der Waals surface area (Å²) in [6.45, 7) is 5.96. The van der Waals surface area contributed by atoms with Crippen molar-refractivity contribution in [3.63, 3.8) is 0 Å². The molecular formula is C19H29F3N4O4S. The number of hydrogen-bond donors (Lipinski definition) is 2. The molecule has 2 N–H and O–H groups in total. The first-order valence-corrected chi connectivity index (χ1v) is 10.7. The van der Waals surface area contributed by atoms with Gasteiger partial charge in [-0.15, -0.1) is 0 Å². The number of allylic oxidation sites excluding steroid dienone is 1. The summed E-state index contributed by atoms with van der Waals surface area (Å²) in [4.78, 5) is 46.9. The lowest BCUT2D eigenvalue weighted by molar-refractivity contribution is -0.146. The van der Waals surface area contributed by atoms with Crippen LogP contribution in [-0.4, -0.2) is 65.6 Å². The largest absolute Gasteiger partial charge is 0.413 e. The third-order valence-corrected chi connectivity index (χ3v) is 5.02. The van der Waals surface area contributed by atoms with Crippen molar-refractivity contribution in [1.82, 2.24) is 20.1 Å². The van der Waals surface area contributed by atoms with E-state index in [1.54, 1.807) is 6.26 Å². The van der Waals surface area contributed by atoms with Gasteiger partial charge in [-0.3, -0.25) is 19.2 Å².